The molecule has 3 heteroatoms. The summed E-state index contributed by atoms with van der Waals surface area (Å²) in [5.41, 5.74) is 3.49. The molecule has 1 aromatic heterocycles. The van der Waals surface area contributed by atoms with E-state index >= 15 is 0 Å². The van der Waals surface area contributed by atoms with Crippen molar-refractivity contribution in [3.63, 3.8) is 0 Å². The predicted molar refractivity (Wildman–Crippen MR) is 70.8 cm³/mol. The number of rotatable bonds is 2. The maximum atomic E-state index is 13.8. The summed E-state index contributed by atoms with van der Waals surface area (Å²) in [7, 11) is 0. The van der Waals surface area contributed by atoms with Crippen LogP contribution in [-0.2, 0) is 6.54 Å². The summed E-state index contributed by atoms with van der Waals surface area (Å²) in [5, 5.41) is 0. The molecule has 0 aliphatic rings. The standard InChI is InChI=1S/C15H13FN2/c1-2-18-10-17-14-8-7-11(9-15(14)18)12-5-3-4-6-13(12)16/h3-10H,2H2,1H3. The van der Waals surface area contributed by atoms with Crippen LogP contribution in [0, 0.1) is 5.82 Å². The highest BCUT2D eigenvalue weighted by Crippen LogP contribution is 2.26. The van der Waals surface area contributed by atoms with Gasteiger partial charge in [0.05, 0.1) is 17.4 Å². The van der Waals surface area contributed by atoms with Gasteiger partial charge in [-0.3, -0.25) is 0 Å². The molecular weight excluding hydrogens is 227 g/mol. The van der Waals surface area contributed by atoms with E-state index in [1.165, 1.54) is 6.07 Å². The Hall–Kier alpha value is -2.16. The van der Waals surface area contributed by atoms with Crippen LogP contribution in [0.4, 0.5) is 4.39 Å². The highest BCUT2D eigenvalue weighted by Gasteiger charge is 2.07. The van der Waals surface area contributed by atoms with Crippen LogP contribution in [0.25, 0.3) is 22.2 Å². The van der Waals surface area contributed by atoms with Crippen molar-refractivity contribution in [1.82, 2.24) is 9.55 Å². The Kier molecular flexibility index (Phi) is 2.59. The number of nitrogens with zero attached hydrogens (tertiary/aromatic N) is 2. The molecule has 0 aliphatic heterocycles. The van der Waals surface area contributed by atoms with Gasteiger partial charge in [-0.1, -0.05) is 24.3 Å². The predicted octanol–water partition coefficient (Wildman–Crippen LogP) is 3.86. The summed E-state index contributed by atoms with van der Waals surface area (Å²) in [6.07, 6.45) is 1.82. The van der Waals surface area contributed by atoms with E-state index in [0.29, 0.717) is 5.56 Å². The molecule has 0 N–H and O–H groups in total. The van der Waals surface area contributed by atoms with E-state index in [9.17, 15) is 4.39 Å². The molecule has 2 nitrogen and oxygen atoms in total. The van der Waals surface area contributed by atoms with E-state index < -0.39 is 0 Å². The molecule has 3 rings (SSSR count). The maximum absolute atomic E-state index is 13.8. The number of aryl methyl sites for hydroxylation is 1. The van der Waals surface area contributed by atoms with E-state index in [0.717, 1.165) is 23.1 Å². The zero-order valence-electron chi connectivity index (χ0n) is 10.1. The van der Waals surface area contributed by atoms with Crippen molar-refractivity contribution in [3.05, 3.63) is 54.6 Å². The molecule has 0 spiro atoms. The first-order valence-corrected chi connectivity index (χ1v) is 5.99. The summed E-state index contributed by atoms with van der Waals surface area (Å²) in [4.78, 5) is 4.32. The van der Waals surface area contributed by atoms with E-state index in [4.69, 9.17) is 0 Å². The van der Waals surface area contributed by atoms with Crippen LogP contribution in [0.15, 0.2) is 48.8 Å². The zero-order valence-corrected chi connectivity index (χ0v) is 10.1. The second-order valence-corrected chi connectivity index (χ2v) is 4.21. The van der Waals surface area contributed by atoms with Gasteiger partial charge in [0.25, 0.3) is 0 Å². The quantitative estimate of drug-likeness (QED) is 0.665. The van der Waals surface area contributed by atoms with Gasteiger partial charge in [-0.05, 0) is 30.7 Å². The first-order chi connectivity index (χ1) is 8.79. The van der Waals surface area contributed by atoms with E-state index in [-0.39, 0.29) is 5.82 Å². The number of fused-ring (bicyclic) bond motifs is 1. The van der Waals surface area contributed by atoms with Gasteiger partial charge in [0.1, 0.15) is 5.82 Å². The van der Waals surface area contributed by atoms with Gasteiger partial charge < -0.3 is 4.57 Å². The lowest BCUT2D eigenvalue weighted by Gasteiger charge is -2.05. The molecule has 0 unspecified atom stereocenters. The normalized spacial score (nSPS) is 11.0. The Morgan fingerprint density at radius 3 is 2.78 bits per heavy atom. The highest BCUT2D eigenvalue weighted by molar-refractivity contribution is 5.82. The maximum Gasteiger partial charge on any atom is 0.131 e. The van der Waals surface area contributed by atoms with Gasteiger partial charge in [0.15, 0.2) is 0 Å². The molecule has 1 heterocycles. The van der Waals surface area contributed by atoms with E-state index in [2.05, 4.69) is 16.5 Å². The lowest BCUT2D eigenvalue weighted by Crippen LogP contribution is -1.91. The van der Waals surface area contributed by atoms with Gasteiger partial charge >= 0.3 is 0 Å². The van der Waals surface area contributed by atoms with Crippen molar-refractivity contribution in [2.75, 3.05) is 0 Å². The van der Waals surface area contributed by atoms with Gasteiger partial charge in [-0.15, -0.1) is 0 Å². The highest BCUT2D eigenvalue weighted by atomic mass is 19.1. The minimum absolute atomic E-state index is 0.195. The Bertz CT molecular complexity index is 701. The first kappa shape index (κ1) is 11.0. The fraction of sp³-hybridized carbons (Fsp3) is 0.133. The smallest absolute Gasteiger partial charge is 0.131 e. The van der Waals surface area contributed by atoms with Gasteiger partial charge in [-0.25, -0.2) is 9.37 Å². The number of halogens is 1. The minimum atomic E-state index is -0.195. The monoisotopic (exact) mass is 240 g/mol. The Morgan fingerprint density at radius 1 is 1.17 bits per heavy atom. The summed E-state index contributed by atoms with van der Waals surface area (Å²) < 4.78 is 15.8. The number of aromatic nitrogens is 2. The van der Waals surface area contributed by atoms with Crippen molar-refractivity contribution < 1.29 is 4.39 Å². The molecule has 3 aromatic rings. The second kappa shape index (κ2) is 4.26. The van der Waals surface area contributed by atoms with Crippen molar-refractivity contribution >= 4 is 11.0 Å². The number of hydrogen-bond acceptors (Lipinski definition) is 1. The third kappa shape index (κ3) is 1.68. The van der Waals surface area contributed by atoms with Crippen molar-refractivity contribution in [2.24, 2.45) is 0 Å². The Labute approximate surface area is 105 Å². The van der Waals surface area contributed by atoms with Crippen molar-refractivity contribution in [1.29, 1.82) is 0 Å². The van der Waals surface area contributed by atoms with Crippen LogP contribution in [0.1, 0.15) is 6.92 Å². The van der Waals surface area contributed by atoms with Crippen LogP contribution in [0.2, 0.25) is 0 Å². The van der Waals surface area contributed by atoms with Crippen LogP contribution in [-0.4, -0.2) is 9.55 Å². The SMILES string of the molecule is CCn1cnc2ccc(-c3ccccc3F)cc21. The molecule has 0 saturated carbocycles. The summed E-state index contributed by atoms with van der Waals surface area (Å²) in [6, 6.07) is 12.7. The van der Waals surface area contributed by atoms with Crippen molar-refractivity contribution in [3.8, 4) is 11.1 Å². The summed E-state index contributed by atoms with van der Waals surface area (Å²) in [5.74, 6) is -0.195. The summed E-state index contributed by atoms with van der Waals surface area (Å²) >= 11 is 0. The fourth-order valence-corrected chi connectivity index (χ4v) is 2.17. The zero-order chi connectivity index (χ0) is 12.5. The topological polar surface area (TPSA) is 17.8 Å². The molecule has 0 amide bonds. The van der Waals surface area contributed by atoms with Gasteiger partial charge in [-0.2, -0.15) is 0 Å². The summed E-state index contributed by atoms with van der Waals surface area (Å²) in [6.45, 7) is 2.92. The number of imidazole rings is 1. The molecule has 0 saturated heterocycles. The van der Waals surface area contributed by atoms with Gasteiger partial charge in [0, 0.05) is 12.1 Å². The lowest BCUT2D eigenvalue weighted by molar-refractivity contribution is 0.631. The largest absolute Gasteiger partial charge is 0.331 e. The van der Waals surface area contributed by atoms with Crippen molar-refractivity contribution in [2.45, 2.75) is 13.5 Å². The van der Waals surface area contributed by atoms with Crippen LogP contribution in [0.5, 0.6) is 0 Å². The van der Waals surface area contributed by atoms with Crippen LogP contribution >= 0.6 is 0 Å². The molecule has 18 heavy (non-hydrogen) atoms. The molecule has 90 valence electrons. The Balaban J connectivity index is 2.21. The number of benzene rings is 2. The van der Waals surface area contributed by atoms with E-state index in [1.807, 2.05) is 30.6 Å². The first-order valence-electron chi connectivity index (χ1n) is 5.99. The Morgan fingerprint density at radius 2 is 2.00 bits per heavy atom. The van der Waals surface area contributed by atoms with Crippen LogP contribution < -0.4 is 0 Å². The van der Waals surface area contributed by atoms with E-state index in [1.54, 1.807) is 12.1 Å². The molecule has 0 aliphatic carbocycles. The molecule has 2 aromatic carbocycles. The molecule has 0 fully saturated rings. The number of hydrogen-bond donors (Lipinski definition) is 0. The minimum Gasteiger partial charge on any atom is -0.331 e. The molecule has 0 bridgehead atoms. The van der Waals surface area contributed by atoms with Gasteiger partial charge in [0.2, 0.25) is 0 Å². The lowest BCUT2D eigenvalue weighted by atomic mass is 10.0. The average Bonchev–Trinajstić information content (AvgIpc) is 2.81. The molecular formula is C15H13FN2. The molecule has 0 radical (unpaired) electrons. The van der Waals surface area contributed by atoms with Crippen LogP contribution in [0.3, 0.4) is 0 Å². The molecule has 0 atom stereocenters. The third-order valence-electron chi connectivity index (χ3n) is 3.15. The average molecular weight is 240 g/mol. The third-order valence-corrected chi connectivity index (χ3v) is 3.15. The second-order valence-electron chi connectivity index (χ2n) is 4.21. The fourth-order valence-electron chi connectivity index (χ4n) is 2.17.